The van der Waals surface area contributed by atoms with Gasteiger partial charge in [-0.25, -0.2) is 0 Å². The first kappa shape index (κ1) is 30.1. The lowest BCUT2D eigenvalue weighted by molar-refractivity contribution is -0.141. The second kappa shape index (κ2) is 16.6. The van der Waals surface area contributed by atoms with Crippen LogP contribution >= 0.6 is 0 Å². The highest BCUT2D eigenvalue weighted by atomic mass is 16.5. The van der Waals surface area contributed by atoms with Crippen LogP contribution in [0.1, 0.15) is 69.6 Å². The van der Waals surface area contributed by atoms with Gasteiger partial charge in [0, 0.05) is 55.6 Å². The monoisotopic (exact) mass is 507 g/mol. The largest absolute Gasteiger partial charge is 0.469 e. The molecule has 1 aromatic carbocycles. The Hall–Kier alpha value is -3.96. The highest BCUT2D eigenvalue weighted by Crippen LogP contribution is 2.12. The van der Waals surface area contributed by atoms with Crippen molar-refractivity contribution >= 4 is 35.6 Å². The Balaban J connectivity index is 2.91. The Labute approximate surface area is 209 Å². The lowest BCUT2D eigenvalue weighted by Crippen LogP contribution is -2.29. The molecule has 1 rings (SSSR count). The van der Waals surface area contributed by atoms with Crippen LogP contribution in [0.2, 0.25) is 0 Å². The molecule has 0 bridgehead atoms. The van der Waals surface area contributed by atoms with Gasteiger partial charge in [-0.15, -0.1) is 0 Å². The van der Waals surface area contributed by atoms with Gasteiger partial charge in [0.1, 0.15) is 0 Å². The summed E-state index contributed by atoms with van der Waals surface area (Å²) < 4.78 is 13.7. The molecule has 0 radical (unpaired) electrons. The predicted molar refractivity (Wildman–Crippen MR) is 127 cm³/mol. The van der Waals surface area contributed by atoms with Crippen molar-refractivity contribution in [3.63, 3.8) is 0 Å². The fraction of sp³-hybridized carbons (Fsp3) is 0.500. The van der Waals surface area contributed by atoms with Crippen LogP contribution in [0, 0.1) is 0 Å². The number of esters is 3. The van der Waals surface area contributed by atoms with Gasteiger partial charge in [-0.05, 0) is 37.5 Å². The van der Waals surface area contributed by atoms with E-state index in [1.165, 1.54) is 39.5 Å². The fourth-order valence-electron chi connectivity index (χ4n) is 2.94. The maximum atomic E-state index is 12.7. The van der Waals surface area contributed by atoms with Crippen LogP contribution in [0.25, 0.3) is 0 Å². The summed E-state index contributed by atoms with van der Waals surface area (Å²) in [7, 11) is 3.82. The standard InChI is InChI=1S/C24H33N3O9/c1-34-19(28)7-4-10-25-22(31)16-13-17(23(32)26-11-5-8-20(29)35-2)15-18(14-16)24(33)27-12-6-9-21(30)36-3/h13-15H,4-12H2,1-3H3,(H,25,31)(H,26,32)(H,27,33). The molecule has 0 unspecified atom stereocenters. The van der Waals surface area contributed by atoms with E-state index in [2.05, 4.69) is 30.2 Å². The summed E-state index contributed by atoms with van der Waals surface area (Å²) >= 11 is 0. The molecule has 0 fully saturated rings. The smallest absolute Gasteiger partial charge is 0.305 e. The van der Waals surface area contributed by atoms with E-state index in [0.717, 1.165) is 0 Å². The minimum atomic E-state index is -0.528. The van der Waals surface area contributed by atoms with Crippen LogP contribution in [0.3, 0.4) is 0 Å². The van der Waals surface area contributed by atoms with Crippen LogP contribution in [0.5, 0.6) is 0 Å². The Morgan fingerprint density at radius 2 is 0.778 bits per heavy atom. The van der Waals surface area contributed by atoms with Crippen LogP contribution in [-0.4, -0.2) is 76.6 Å². The fourth-order valence-corrected chi connectivity index (χ4v) is 2.94. The van der Waals surface area contributed by atoms with E-state index >= 15 is 0 Å². The van der Waals surface area contributed by atoms with Crippen molar-refractivity contribution in [3.05, 3.63) is 34.9 Å². The lowest BCUT2D eigenvalue weighted by atomic mass is 10.0. The van der Waals surface area contributed by atoms with E-state index in [1.807, 2.05) is 0 Å². The third-order valence-corrected chi connectivity index (χ3v) is 4.93. The zero-order valence-electron chi connectivity index (χ0n) is 20.8. The van der Waals surface area contributed by atoms with Gasteiger partial charge in [0.25, 0.3) is 17.7 Å². The molecule has 0 saturated heterocycles. The first-order valence-corrected chi connectivity index (χ1v) is 11.4. The molecule has 3 amide bonds. The van der Waals surface area contributed by atoms with E-state index in [0.29, 0.717) is 19.3 Å². The van der Waals surface area contributed by atoms with Gasteiger partial charge in [0.05, 0.1) is 21.3 Å². The number of benzene rings is 1. The number of nitrogens with one attached hydrogen (secondary N) is 3. The SMILES string of the molecule is COC(=O)CCCNC(=O)c1cc(C(=O)NCCCC(=O)OC)cc(C(=O)NCCCC(=O)OC)c1. The molecular formula is C24H33N3O9. The molecule has 1 aromatic rings. The van der Waals surface area contributed by atoms with Gasteiger partial charge >= 0.3 is 17.9 Å². The quantitative estimate of drug-likeness (QED) is 0.176. The van der Waals surface area contributed by atoms with E-state index in [-0.39, 0.29) is 55.6 Å². The van der Waals surface area contributed by atoms with Crippen LogP contribution in [0.4, 0.5) is 0 Å². The number of rotatable bonds is 15. The first-order valence-electron chi connectivity index (χ1n) is 11.4. The molecule has 3 N–H and O–H groups in total. The Kier molecular flexibility index (Phi) is 13.9. The maximum absolute atomic E-state index is 12.7. The van der Waals surface area contributed by atoms with E-state index < -0.39 is 35.6 Å². The van der Waals surface area contributed by atoms with Crippen LogP contribution < -0.4 is 16.0 Å². The van der Waals surface area contributed by atoms with Crippen LogP contribution in [-0.2, 0) is 28.6 Å². The molecule has 0 spiro atoms. The van der Waals surface area contributed by atoms with E-state index in [4.69, 9.17) is 0 Å². The Bertz CT molecular complexity index is 815. The van der Waals surface area contributed by atoms with Crippen molar-refractivity contribution in [2.45, 2.75) is 38.5 Å². The number of methoxy groups -OCH3 is 3. The van der Waals surface area contributed by atoms with Gasteiger partial charge < -0.3 is 30.2 Å². The molecule has 36 heavy (non-hydrogen) atoms. The third-order valence-electron chi connectivity index (χ3n) is 4.93. The highest BCUT2D eigenvalue weighted by Gasteiger charge is 2.17. The molecule has 0 atom stereocenters. The molecular weight excluding hydrogens is 474 g/mol. The number of hydrogen-bond acceptors (Lipinski definition) is 9. The Morgan fingerprint density at radius 1 is 0.528 bits per heavy atom. The zero-order chi connectivity index (χ0) is 26.9. The number of hydrogen-bond donors (Lipinski definition) is 3. The minimum absolute atomic E-state index is 0.0787. The number of ether oxygens (including phenoxy) is 3. The van der Waals surface area contributed by atoms with E-state index in [1.54, 1.807) is 0 Å². The molecule has 0 saturated carbocycles. The second-order valence-corrected chi connectivity index (χ2v) is 7.61. The molecule has 0 aliphatic rings. The summed E-state index contributed by atoms with van der Waals surface area (Å²) in [4.78, 5) is 71.6. The normalized spacial score (nSPS) is 10.1. The molecule has 0 aromatic heterocycles. The number of amides is 3. The minimum Gasteiger partial charge on any atom is -0.469 e. The van der Waals surface area contributed by atoms with Crippen molar-refractivity contribution in [2.75, 3.05) is 41.0 Å². The Morgan fingerprint density at radius 3 is 1.00 bits per heavy atom. The summed E-state index contributed by atoms with van der Waals surface area (Å²) in [5.41, 5.74) is 0.236. The maximum Gasteiger partial charge on any atom is 0.305 e. The van der Waals surface area contributed by atoms with Crippen molar-refractivity contribution < 1.29 is 43.0 Å². The highest BCUT2D eigenvalue weighted by molar-refractivity contribution is 6.04. The van der Waals surface area contributed by atoms with Gasteiger partial charge in [0.2, 0.25) is 0 Å². The average molecular weight is 508 g/mol. The van der Waals surface area contributed by atoms with Crippen molar-refractivity contribution in [1.29, 1.82) is 0 Å². The molecule has 12 heteroatoms. The van der Waals surface area contributed by atoms with Crippen molar-refractivity contribution in [2.24, 2.45) is 0 Å². The number of carbonyl (C=O) groups excluding carboxylic acids is 6. The topological polar surface area (TPSA) is 166 Å². The molecule has 0 aliphatic heterocycles. The molecule has 0 heterocycles. The van der Waals surface area contributed by atoms with Gasteiger partial charge in [-0.3, -0.25) is 28.8 Å². The zero-order valence-corrected chi connectivity index (χ0v) is 20.8. The van der Waals surface area contributed by atoms with Gasteiger partial charge in [0.15, 0.2) is 0 Å². The van der Waals surface area contributed by atoms with E-state index in [9.17, 15) is 28.8 Å². The summed E-state index contributed by atoms with van der Waals surface area (Å²) in [6.45, 7) is 0.562. The lowest BCUT2D eigenvalue weighted by Gasteiger charge is -2.11. The number of carbonyl (C=O) groups is 6. The predicted octanol–water partition coefficient (Wildman–Crippen LogP) is 0.736. The second-order valence-electron chi connectivity index (χ2n) is 7.61. The molecule has 198 valence electrons. The summed E-state index contributed by atoms with van der Waals surface area (Å²) in [6.07, 6.45) is 1.45. The third kappa shape index (κ3) is 11.4. The molecule has 12 nitrogen and oxygen atoms in total. The van der Waals surface area contributed by atoms with Gasteiger partial charge in [-0.2, -0.15) is 0 Å². The summed E-state index contributed by atoms with van der Waals surface area (Å²) in [5.74, 6) is -2.79. The van der Waals surface area contributed by atoms with Gasteiger partial charge in [-0.1, -0.05) is 0 Å². The average Bonchev–Trinajstić information content (AvgIpc) is 2.89. The van der Waals surface area contributed by atoms with Crippen molar-refractivity contribution in [1.82, 2.24) is 16.0 Å². The summed E-state index contributed by atoms with van der Waals surface area (Å²) in [6, 6.07) is 4.04. The van der Waals surface area contributed by atoms with Crippen molar-refractivity contribution in [3.8, 4) is 0 Å². The molecule has 0 aliphatic carbocycles. The first-order chi connectivity index (χ1) is 17.2. The van der Waals surface area contributed by atoms with Crippen LogP contribution in [0.15, 0.2) is 18.2 Å². The summed E-state index contributed by atoms with van der Waals surface area (Å²) in [5, 5.41) is 7.92.